The number of benzene rings is 1. The van der Waals surface area contributed by atoms with Crippen molar-refractivity contribution in [2.24, 2.45) is 0 Å². The van der Waals surface area contributed by atoms with Crippen LogP contribution in [0.15, 0.2) is 24.3 Å². The molecule has 1 aromatic carbocycles. The zero-order valence-corrected chi connectivity index (χ0v) is 13.6. The van der Waals surface area contributed by atoms with Crippen molar-refractivity contribution < 1.29 is 48.8 Å². The Kier molecular flexibility index (Phi) is 6.96. The summed E-state index contributed by atoms with van der Waals surface area (Å²) in [6.07, 6.45) is -2.48. The Labute approximate surface area is 146 Å². The molecule has 0 radical (unpaired) electrons. The van der Waals surface area contributed by atoms with Gasteiger partial charge in [0.05, 0.1) is 30.6 Å². The molecule has 0 aromatic heterocycles. The summed E-state index contributed by atoms with van der Waals surface area (Å²) >= 11 is 0. The van der Waals surface area contributed by atoms with Crippen LogP contribution in [0.2, 0.25) is 0 Å². The molecule has 1 rings (SSSR count). The molecule has 0 fully saturated rings. The number of ether oxygens (including phenoxy) is 2. The van der Waals surface area contributed by atoms with E-state index >= 15 is 0 Å². The van der Waals surface area contributed by atoms with Gasteiger partial charge < -0.3 is 24.8 Å². The van der Waals surface area contributed by atoms with Gasteiger partial charge in [-0.3, -0.25) is 9.59 Å². The molecular formula is C16H16O10. The predicted molar refractivity (Wildman–Crippen MR) is 82.3 cm³/mol. The van der Waals surface area contributed by atoms with Gasteiger partial charge in [-0.05, 0) is 31.2 Å². The molecule has 3 N–H and O–H groups in total. The van der Waals surface area contributed by atoms with Crippen molar-refractivity contribution in [3.63, 3.8) is 0 Å². The molecule has 0 amide bonds. The summed E-state index contributed by atoms with van der Waals surface area (Å²) in [5.41, 5.74) is -2.86. The van der Waals surface area contributed by atoms with Crippen LogP contribution in [-0.4, -0.2) is 57.4 Å². The van der Waals surface area contributed by atoms with E-state index in [1.165, 1.54) is 24.3 Å². The van der Waals surface area contributed by atoms with Crippen LogP contribution in [0.4, 0.5) is 0 Å². The Balaban J connectivity index is 2.77. The topological polar surface area (TPSA) is 165 Å². The number of carboxylic acid groups (broad SMARTS) is 2. The van der Waals surface area contributed by atoms with Gasteiger partial charge in [-0.15, -0.1) is 0 Å². The maximum Gasteiger partial charge on any atom is 0.345 e. The highest BCUT2D eigenvalue weighted by atomic mass is 16.6. The quantitative estimate of drug-likeness (QED) is 0.427. The van der Waals surface area contributed by atoms with Crippen molar-refractivity contribution in [1.29, 1.82) is 0 Å². The van der Waals surface area contributed by atoms with E-state index in [0.29, 0.717) is 0 Å². The van der Waals surface area contributed by atoms with Gasteiger partial charge in [-0.25, -0.2) is 14.4 Å². The third kappa shape index (κ3) is 5.67. The number of carbonyl (C=O) groups excluding carboxylic acids is 3. The fourth-order valence-corrected chi connectivity index (χ4v) is 1.86. The number of aliphatic carboxylic acids is 2. The maximum atomic E-state index is 11.8. The summed E-state index contributed by atoms with van der Waals surface area (Å²) in [7, 11) is 0. The highest BCUT2D eigenvalue weighted by molar-refractivity contribution is 5.99. The third-order valence-corrected chi connectivity index (χ3v) is 3.12. The normalized spacial score (nSPS) is 12.5. The van der Waals surface area contributed by atoms with Crippen molar-refractivity contribution in [3.8, 4) is 0 Å². The zero-order valence-electron chi connectivity index (χ0n) is 13.6. The molecule has 1 aromatic rings. The number of aliphatic hydroxyl groups is 1. The zero-order chi connectivity index (χ0) is 19.9. The van der Waals surface area contributed by atoms with Gasteiger partial charge in [0.15, 0.2) is 5.60 Å². The van der Waals surface area contributed by atoms with Gasteiger partial charge in [0.2, 0.25) is 0 Å². The standard InChI is InChI=1S/C16H16O10/c1-2-25-13(20)9-3-5-10(6-4-9)14(21)26-12(19)8-16(24,15(22)23)7-11(17)18/h3-6,24H,2,7-8H2,1H3,(H,17,18)(H,22,23). The van der Waals surface area contributed by atoms with Gasteiger partial charge in [0.1, 0.15) is 0 Å². The Hall–Kier alpha value is -3.27. The van der Waals surface area contributed by atoms with Gasteiger partial charge in [0, 0.05) is 0 Å². The van der Waals surface area contributed by atoms with E-state index in [4.69, 9.17) is 14.9 Å². The summed E-state index contributed by atoms with van der Waals surface area (Å²) in [5, 5.41) is 27.2. The minimum absolute atomic E-state index is 0.122. The summed E-state index contributed by atoms with van der Waals surface area (Å²) in [6, 6.07) is 4.89. The summed E-state index contributed by atoms with van der Waals surface area (Å²) in [6.45, 7) is 1.79. The first-order chi connectivity index (χ1) is 12.1. The third-order valence-electron chi connectivity index (χ3n) is 3.12. The second kappa shape index (κ2) is 8.72. The van der Waals surface area contributed by atoms with Crippen molar-refractivity contribution in [3.05, 3.63) is 35.4 Å². The van der Waals surface area contributed by atoms with Crippen molar-refractivity contribution in [1.82, 2.24) is 0 Å². The molecule has 140 valence electrons. The smallest absolute Gasteiger partial charge is 0.345 e. The highest BCUT2D eigenvalue weighted by Gasteiger charge is 2.41. The van der Waals surface area contributed by atoms with Crippen LogP contribution >= 0.6 is 0 Å². The van der Waals surface area contributed by atoms with Crippen LogP contribution in [-0.2, 0) is 23.9 Å². The van der Waals surface area contributed by atoms with Gasteiger partial charge in [-0.1, -0.05) is 0 Å². The van der Waals surface area contributed by atoms with E-state index < -0.39 is 48.3 Å². The van der Waals surface area contributed by atoms with Gasteiger partial charge in [-0.2, -0.15) is 0 Å². The SMILES string of the molecule is CCOC(=O)c1ccc(C(=O)OC(=O)CC(O)(CC(=O)O)C(=O)O)cc1. The fourth-order valence-electron chi connectivity index (χ4n) is 1.86. The molecule has 10 heteroatoms. The van der Waals surface area contributed by atoms with E-state index in [-0.39, 0.29) is 17.7 Å². The van der Waals surface area contributed by atoms with E-state index in [9.17, 15) is 29.1 Å². The average molecular weight is 368 g/mol. The second-order valence-electron chi connectivity index (χ2n) is 5.14. The lowest BCUT2D eigenvalue weighted by atomic mass is 9.96. The molecule has 0 spiro atoms. The lowest BCUT2D eigenvalue weighted by Gasteiger charge is -2.19. The molecule has 1 atom stereocenters. The Bertz CT molecular complexity index is 721. The summed E-state index contributed by atoms with van der Waals surface area (Å²) < 4.78 is 9.16. The first-order valence-electron chi connectivity index (χ1n) is 7.29. The van der Waals surface area contributed by atoms with Crippen molar-refractivity contribution in [2.75, 3.05) is 6.61 Å². The summed E-state index contributed by atoms with van der Waals surface area (Å²) in [4.78, 5) is 56.5. The molecular weight excluding hydrogens is 352 g/mol. The van der Waals surface area contributed by atoms with Crippen LogP contribution in [0, 0.1) is 0 Å². The number of hydrogen-bond acceptors (Lipinski definition) is 8. The Morgan fingerprint density at radius 2 is 1.42 bits per heavy atom. The minimum atomic E-state index is -2.91. The molecule has 0 saturated heterocycles. The van der Waals surface area contributed by atoms with Crippen molar-refractivity contribution >= 4 is 29.8 Å². The van der Waals surface area contributed by atoms with E-state index in [0.717, 1.165) is 0 Å². The van der Waals surface area contributed by atoms with E-state index in [2.05, 4.69) is 4.74 Å². The number of carbonyl (C=O) groups is 5. The average Bonchev–Trinajstić information content (AvgIpc) is 2.54. The van der Waals surface area contributed by atoms with Crippen LogP contribution < -0.4 is 0 Å². The first-order valence-corrected chi connectivity index (χ1v) is 7.29. The molecule has 0 heterocycles. The maximum absolute atomic E-state index is 11.8. The van der Waals surface area contributed by atoms with Crippen molar-refractivity contribution in [2.45, 2.75) is 25.4 Å². The minimum Gasteiger partial charge on any atom is -0.481 e. The summed E-state index contributed by atoms with van der Waals surface area (Å²) in [5.74, 6) is -6.78. The molecule has 26 heavy (non-hydrogen) atoms. The highest BCUT2D eigenvalue weighted by Crippen LogP contribution is 2.18. The number of hydrogen-bond donors (Lipinski definition) is 3. The molecule has 0 aliphatic heterocycles. The number of carboxylic acids is 2. The van der Waals surface area contributed by atoms with E-state index in [1.54, 1.807) is 6.92 Å². The van der Waals surface area contributed by atoms with Gasteiger partial charge in [0.25, 0.3) is 0 Å². The van der Waals surface area contributed by atoms with E-state index in [1.807, 2.05) is 0 Å². The molecule has 0 aliphatic rings. The van der Waals surface area contributed by atoms with Gasteiger partial charge >= 0.3 is 29.8 Å². The molecule has 0 bridgehead atoms. The second-order valence-corrected chi connectivity index (χ2v) is 5.14. The predicted octanol–water partition coefficient (Wildman–Crippen LogP) is 0.227. The Morgan fingerprint density at radius 3 is 1.85 bits per heavy atom. The molecule has 0 saturated carbocycles. The van der Waals surface area contributed by atoms with Crippen LogP contribution in [0.5, 0.6) is 0 Å². The fraction of sp³-hybridized carbons (Fsp3) is 0.312. The largest absolute Gasteiger partial charge is 0.481 e. The molecule has 0 aliphatic carbocycles. The molecule has 10 nitrogen and oxygen atoms in total. The van der Waals surface area contributed by atoms with Crippen LogP contribution in [0.3, 0.4) is 0 Å². The number of rotatable bonds is 8. The van der Waals surface area contributed by atoms with Crippen LogP contribution in [0.1, 0.15) is 40.5 Å². The van der Waals surface area contributed by atoms with Crippen LogP contribution in [0.25, 0.3) is 0 Å². The monoisotopic (exact) mass is 368 g/mol. The lowest BCUT2D eigenvalue weighted by Crippen LogP contribution is -2.43. The first kappa shape index (κ1) is 20.8. The lowest BCUT2D eigenvalue weighted by molar-refractivity contribution is -0.170. The molecule has 1 unspecified atom stereocenters. The number of esters is 3. The Morgan fingerprint density at radius 1 is 0.923 bits per heavy atom.